The third-order valence-electron chi connectivity index (χ3n) is 3.99. The monoisotopic (exact) mass is 351 g/mol. The van der Waals surface area contributed by atoms with Gasteiger partial charge in [-0.05, 0) is 46.2 Å². The van der Waals surface area contributed by atoms with E-state index in [4.69, 9.17) is 14.2 Å². The van der Waals surface area contributed by atoms with Crippen LogP contribution in [0.25, 0.3) is 0 Å². The van der Waals surface area contributed by atoms with Crippen molar-refractivity contribution in [2.24, 2.45) is 0 Å². The molecule has 0 bridgehead atoms. The lowest BCUT2D eigenvalue weighted by atomic mass is 9.78. The molecule has 8 heteroatoms. The first kappa shape index (κ1) is 19.6. The van der Waals surface area contributed by atoms with Gasteiger partial charge in [0.05, 0.1) is 19.8 Å². The summed E-state index contributed by atoms with van der Waals surface area (Å²) in [5, 5.41) is 19.1. The second kappa shape index (κ2) is 6.86. The van der Waals surface area contributed by atoms with Crippen LogP contribution in [0.3, 0.4) is 0 Å². The second-order valence-electron chi connectivity index (χ2n) is 7.50. The minimum Gasteiger partial charge on any atom is -0.497 e. The van der Waals surface area contributed by atoms with E-state index in [1.54, 1.807) is 52.8 Å². The Hall–Kier alpha value is -1.77. The number of carbonyl (C=O) groups excluding carboxylic acids is 1. The normalized spacial score (nSPS) is 19.7. The average Bonchev–Trinajstić information content (AvgIpc) is 2.80. The molecule has 7 nitrogen and oxygen atoms in total. The number of benzene rings is 1. The van der Waals surface area contributed by atoms with Crippen molar-refractivity contribution in [2.45, 2.75) is 52.0 Å². The maximum Gasteiger partial charge on any atom is 0.492 e. The molecule has 0 aliphatic carbocycles. The summed E-state index contributed by atoms with van der Waals surface area (Å²) in [7, 11) is -0.226. The van der Waals surface area contributed by atoms with E-state index >= 15 is 0 Å². The molecule has 138 valence electrons. The number of nitrogens with zero attached hydrogens (tertiary/aromatic N) is 1. The van der Waals surface area contributed by atoms with Gasteiger partial charge in [0, 0.05) is 5.46 Å². The Kier molecular flexibility index (Phi) is 5.37. The first-order valence-electron chi connectivity index (χ1n) is 8.16. The highest BCUT2D eigenvalue weighted by Gasteiger charge is 2.46. The third kappa shape index (κ3) is 4.26. The topological polar surface area (TPSA) is 88.5 Å². The van der Waals surface area contributed by atoms with Crippen molar-refractivity contribution in [3.05, 3.63) is 23.8 Å². The average molecular weight is 351 g/mol. The third-order valence-corrected chi connectivity index (χ3v) is 3.99. The summed E-state index contributed by atoms with van der Waals surface area (Å²) >= 11 is 0. The molecule has 1 aromatic rings. The summed E-state index contributed by atoms with van der Waals surface area (Å²) in [6.45, 7) is 9.27. The summed E-state index contributed by atoms with van der Waals surface area (Å²) < 4.78 is 16.4. The lowest BCUT2D eigenvalue weighted by Crippen LogP contribution is -2.47. The number of methoxy groups -OCH3 is 1. The Morgan fingerprint density at radius 3 is 2.52 bits per heavy atom. The molecule has 1 aliphatic heterocycles. The van der Waals surface area contributed by atoms with E-state index in [1.165, 1.54) is 12.0 Å². The number of amides is 1. The van der Waals surface area contributed by atoms with E-state index in [0.717, 1.165) is 0 Å². The quantitative estimate of drug-likeness (QED) is 0.801. The molecule has 1 amide bonds. The number of rotatable bonds is 3. The Balaban J connectivity index is 2.40. The van der Waals surface area contributed by atoms with Crippen LogP contribution in [0.4, 0.5) is 4.79 Å². The van der Waals surface area contributed by atoms with E-state index in [-0.39, 0.29) is 12.1 Å². The summed E-state index contributed by atoms with van der Waals surface area (Å²) in [4.78, 5) is 14.2. The Bertz CT molecular complexity index is 641. The zero-order valence-corrected chi connectivity index (χ0v) is 15.6. The predicted molar refractivity (Wildman–Crippen MR) is 93.7 cm³/mol. The van der Waals surface area contributed by atoms with Gasteiger partial charge in [0.2, 0.25) is 0 Å². The van der Waals surface area contributed by atoms with Gasteiger partial charge >= 0.3 is 13.2 Å². The summed E-state index contributed by atoms with van der Waals surface area (Å²) in [6.07, 6.45) is -0.484. The van der Waals surface area contributed by atoms with Crippen LogP contribution in [0.5, 0.6) is 5.75 Å². The minimum atomic E-state index is -1.68. The van der Waals surface area contributed by atoms with Gasteiger partial charge in [0.25, 0.3) is 0 Å². The molecular weight excluding hydrogens is 325 g/mol. The number of carbonyl (C=O) groups is 1. The fraction of sp³-hybridized carbons (Fsp3) is 0.588. The van der Waals surface area contributed by atoms with Crippen LogP contribution in [0.2, 0.25) is 0 Å². The SMILES string of the molecule is COc1ccc([C@@H]2COC(C)(C)N2C(=O)OC(C)(C)C)cc1B(O)O. The molecule has 1 aromatic carbocycles. The molecule has 1 atom stereocenters. The highest BCUT2D eigenvalue weighted by Crippen LogP contribution is 2.38. The molecule has 2 N–H and O–H groups in total. The predicted octanol–water partition coefficient (Wildman–Crippen LogP) is 1.42. The van der Waals surface area contributed by atoms with E-state index in [9.17, 15) is 14.8 Å². The lowest BCUT2D eigenvalue weighted by molar-refractivity contribution is -0.0626. The maximum absolute atomic E-state index is 12.7. The molecule has 0 spiro atoms. The van der Waals surface area contributed by atoms with Crippen LogP contribution < -0.4 is 10.2 Å². The van der Waals surface area contributed by atoms with Crippen LogP contribution in [0, 0.1) is 0 Å². The second-order valence-corrected chi connectivity index (χ2v) is 7.50. The highest BCUT2D eigenvalue weighted by atomic mass is 16.6. The maximum atomic E-state index is 12.7. The fourth-order valence-corrected chi connectivity index (χ4v) is 2.87. The lowest BCUT2D eigenvalue weighted by Gasteiger charge is -2.35. The molecule has 1 saturated heterocycles. The van der Waals surface area contributed by atoms with Gasteiger partial charge in [-0.25, -0.2) is 4.79 Å². The van der Waals surface area contributed by atoms with Crippen LogP contribution in [0.15, 0.2) is 18.2 Å². The van der Waals surface area contributed by atoms with Crippen molar-refractivity contribution in [3.63, 3.8) is 0 Å². The zero-order valence-electron chi connectivity index (χ0n) is 15.6. The van der Waals surface area contributed by atoms with Gasteiger partial charge < -0.3 is 24.3 Å². The molecule has 0 radical (unpaired) electrons. The van der Waals surface area contributed by atoms with E-state index in [0.29, 0.717) is 11.3 Å². The van der Waals surface area contributed by atoms with E-state index in [1.807, 2.05) is 0 Å². The van der Waals surface area contributed by atoms with Crippen LogP contribution in [-0.2, 0) is 9.47 Å². The highest BCUT2D eigenvalue weighted by molar-refractivity contribution is 6.59. The minimum absolute atomic E-state index is 0.230. The van der Waals surface area contributed by atoms with Crippen molar-refractivity contribution in [1.29, 1.82) is 0 Å². The number of hydrogen-bond acceptors (Lipinski definition) is 6. The van der Waals surface area contributed by atoms with Crippen molar-refractivity contribution in [3.8, 4) is 5.75 Å². The summed E-state index contributed by atoms with van der Waals surface area (Å²) in [5.74, 6) is 0.362. The van der Waals surface area contributed by atoms with Gasteiger partial charge in [-0.3, -0.25) is 4.90 Å². The largest absolute Gasteiger partial charge is 0.497 e. The smallest absolute Gasteiger partial charge is 0.492 e. The van der Waals surface area contributed by atoms with Crippen LogP contribution in [0.1, 0.15) is 46.2 Å². The molecule has 2 rings (SSSR count). The zero-order chi connectivity index (χ0) is 19.0. The molecular formula is C17H26BNO6. The Labute approximate surface area is 148 Å². The molecule has 0 saturated carbocycles. The fourth-order valence-electron chi connectivity index (χ4n) is 2.87. The van der Waals surface area contributed by atoms with Crippen LogP contribution in [-0.4, -0.2) is 53.2 Å². The Morgan fingerprint density at radius 2 is 2.00 bits per heavy atom. The van der Waals surface area contributed by atoms with Crippen molar-refractivity contribution in [1.82, 2.24) is 4.90 Å². The van der Waals surface area contributed by atoms with Gasteiger partial charge in [0.1, 0.15) is 17.1 Å². The van der Waals surface area contributed by atoms with Gasteiger partial charge in [0.15, 0.2) is 0 Å². The summed E-state index contributed by atoms with van der Waals surface area (Å²) in [6, 6.07) is 4.62. The van der Waals surface area contributed by atoms with Gasteiger partial charge in [-0.1, -0.05) is 12.1 Å². The standard InChI is InChI=1S/C17H26BNO6/c1-16(2,3)25-15(20)19-13(10-24-17(19,4)5)11-7-8-14(23-6)12(9-11)18(21)22/h7-9,13,21-22H,10H2,1-6H3/t13-/m0/s1. The van der Waals surface area contributed by atoms with E-state index < -0.39 is 30.6 Å². The molecule has 1 aliphatic rings. The number of ether oxygens (including phenoxy) is 3. The molecule has 0 unspecified atom stereocenters. The number of hydrogen-bond donors (Lipinski definition) is 2. The molecule has 1 fully saturated rings. The van der Waals surface area contributed by atoms with Crippen molar-refractivity contribution >= 4 is 18.7 Å². The molecule has 0 aromatic heterocycles. The van der Waals surface area contributed by atoms with Gasteiger partial charge in [-0.2, -0.15) is 0 Å². The van der Waals surface area contributed by atoms with Crippen molar-refractivity contribution in [2.75, 3.05) is 13.7 Å². The Morgan fingerprint density at radius 1 is 1.36 bits per heavy atom. The molecule has 25 heavy (non-hydrogen) atoms. The van der Waals surface area contributed by atoms with Gasteiger partial charge in [-0.15, -0.1) is 0 Å². The summed E-state index contributed by atoms with van der Waals surface area (Å²) in [5.41, 5.74) is -0.536. The van der Waals surface area contributed by atoms with E-state index in [2.05, 4.69) is 0 Å². The van der Waals surface area contributed by atoms with Crippen molar-refractivity contribution < 1.29 is 29.1 Å². The van der Waals surface area contributed by atoms with Crippen LogP contribution >= 0.6 is 0 Å². The first-order chi connectivity index (χ1) is 11.5. The first-order valence-corrected chi connectivity index (χ1v) is 8.16. The molecule has 1 heterocycles.